The number of nitrogens with one attached hydrogen (secondary N) is 1. The second-order valence-corrected chi connectivity index (χ2v) is 11.1. The minimum atomic E-state index is 0.525. The molecule has 3 heterocycles. The van der Waals surface area contributed by atoms with Crippen molar-refractivity contribution in [3.8, 4) is 0 Å². The Kier molecular flexibility index (Phi) is 5.58. The second kappa shape index (κ2) is 7.76. The molecule has 4 rings (SSSR count). The summed E-state index contributed by atoms with van der Waals surface area (Å²) in [4.78, 5) is 12.3. The third kappa shape index (κ3) is 4.26. The van der Waals surface area contributed by atoms with Crippen LogP contribution in [0.15, 0.2) is 6.07 Å². The Hall–Kier alpha value is -0.650. The summed E-state index contributed by atoms with van der Waals surface area (Å²) in [6, 6.07) is 3.07. The van der Waals surface area contributed by atoms with Crippen molar-refractivity contribution in [1.29, 1.82) is 0 Å². The summed E-state index contributed by atoms with van der Waals surface area (Å²) in [6.07, 6.45) is 7.88. The van der Waals surface area contributed by atoms with Gasteiger partial charge in [0, 0.05) is 22.8 Å². The largest absolute Gasteiger partial charge is 0.308 e. The maximum atomic E-state index is 4.80. The Bertz CT molecular complexity index is 752. The number of nitrogens with zero attached hydrogens (tertiary/aromatic N) is 2. The smallest absolute Gasteiger partial charge is 0.127 e. The van der Waals surface area contributed by atoms with Gasteiger partial charge in [-0.25, -0.2) is 9.97 Å². The molecule has 1 aliphatic carbocycles. The molecule has 2 fully saturated rings. The zero-order valence-corrected chi connectivity index (χ0v) is 17.9. The lowest BCUT2D eigenvalue weighted by Crippen LogP contribution is -2.32. The lowest BCUT2D eigenvalue weighted by molar-refractivity contribution is 0.226. The van der Waals surface area contributed by atoms with Crippen LogP contribution in [0, 0.1) is 12.3 Å². The molecule has 26 heavy (non-hydrogen) atoms. The summed E-state index contributed by atoms with van der Waals surface area (Å²) in [5.41, 5.74) is 1.72. The molecule has 0 radical (unpaired) electrons. The van der Waals surface area contributed by atoms with Crippen LogP contribution in [-0.4, -0.2) is 27.5 Å². The fourth-order valence-corrected chi connectivity index (χ4v) is 6.65. The fraction of sp³-hybridized carbons (Fsp3) is 0.714. The van der Waals surface area contributed by atoms with E-state index >= 15 is 0 Å². The molecule has 1 aliphatic heterocycles. The van der Waals surface area contributed by atoms with Crippen molar-refractivity contribution >= 4 is 33.3 Å². The van der Waals surface area contributed by atoms with E-state index in [9.17, 15) is 0 Å². The quantitative estimate of drug-likeness (QED) is 0.731. The zero-order valence-electron chi connectivity index (χ0n) is 16.3. The molecule has 0 amide bonds. The lowest BCUT2D eigenvalue weighted by Gasteiger charge is -2.33. The molecule has 0 spiro atoms. The molecule has 2 aromatic heterocycles. The summed E-state index contributed by atoms with van der Waals surface area (Å²) in [6.45, 7) is 7.73. The Morgan fingerprint density at radius 1 is 1.12 bits per heavy atom. The van der Waals surface area contributed by atoms with Crippen LogP contribution in [0.1, 0.15) is 74.7 Å². The number of thioether (sulfide) groups is 1. The van der Waals surface area contributed by atoms with E-state index in [0.29, 0.717) is 11.5 Å². The van der Waals surface area contributed by atoms with Gasteiger partial charge in [0.05, 0.1) is 5.69 Å². The number of hydrogen-bond donors (Lipinski definition) is 1. The Morgan fingerprint density at radius 3 is 2.58 bits per heavy atom. The Morgan fingerprint density at radius 2 is 1.85 bits per heavy atom. The molecule has 142 valence electrons. The molecule has 1 N–H and O–H groups in total. The van der Waals surface area contributed by atoms with Gasteiger partial charge >= 0.3 is 0 Å². The van der Waals surface area contributed by atoms with Crippen LogP contribution in [-0.2, 0) is 6.54 Å². The van der Waals surface area contributed by atoms with Crippen molar-refractivity contribution in [3.05, 3.63) is 22.5 Å². The average Bonchev–Trinajstić information content (AvgIpc) is 3.04. The molecule has 0 bridgehead atoms. The molecule has 1 saturated carbocycles. The van der Waals surface area contributed by atoms with Crippen molar-refractivity contribution < 1.29 is 0 Å². The Labute approximate surface area is 165 Å². The van der Waals surface area contributed by atoms with Gasteiger partial charge in [-0.1, -0.05) is 13.8 Å². The van der Waals surface area contributed by atoms with Gasteiger partial charge in [-0.05, 0) is 74.4 Å². The Balaban J connectivity index is 1.53. The van der Waals surface area contributed by atoms with E-state index in [-0.39, 0.29) is 0 Å². The first kappa shape index (κ1) is 18.7. The average molecular weight is 390 g/mol. The molecule has 2 aromatic rings. The molecule has 3 nitrogen and oxygen atoms in total. The van der Waals surface area contributed by atoms with Gasteiger partial charge in [-0.2, -0.15) is 11.8 Å². The zero-order chi connectivity index (χ0) is 18.1. The van der Waals surface area contributed by atoms with Crippen molar-refractivity contribution in [1.82, 2.24) is 15.3 Å². The van der Waals surface area contributed by atoms with Crippen LogP contribution < -0.4 is 5.32 Å². The highest BCUT2D eigenvalue weighted by Crippen LogP contribution is 2.45. The molecular weight excluding hydrogens is 358 g/mol. The van der Waals surface area contributed by atoms with Crippen molar-refractivity contribution in [2.45, 2.75) is 77.8 Å². The van der Waals surface area contributed by atoms with Gasteiger partial charge < -0.3 is 5.32 Å². The van der Waals surface area contributed by atoms with E-state index in [1.165, 1.54) is 70.8 Å². The van der Waals surface area contributed by atoms with Crippen LogP contribution in [0.4, 0.5) is 0 Å². The first-order valence-electron chi connectivity index (χ1n) is 10.1. The number of hydrogen-bond acceptors (Lipinski definition) is 5. The van der Waals surface area contributed by atoms with Crippen LogP contribution in [0.5, 0.6) is 0 Å². The predicted octanol–water partition coefficient (Wildman–Crippen LogP) is 5.67. The maximum absolute atomic E-state index is 4.80. The first-order valence-corrected chi connectivity index (χ1v) is 12.1. The van der Waals surface area contributed by atoms with Gasteiger partial charge in [-0.15, -0.1) is 11.3 Å². The first-order chi connectivity index (χ1) is 12.5. The van der Waals surface area contributed by atoms with E-state index in [4.69, 9.17) is 9.97 Å². The second-order valence-electron chi connectivity index (χ2n) is 8.79. The van der Waals surface area contributed by atoms with Crippen molar-refractivity contribution in [3.63, 3.8) is 0 Å². The minimum absolute atomic E-state index is 0.525. The highest BCUT2D eigenvalue weighted by atomic mass is 32.2. The number of aromatic nitrogens is 2. The molecular formula is C21H31N3S2. The third-order valence-corrected chi connectivity index (χ3v) is 8.36. The number of thiophene rings is 1. The summed E-state index contributed by atoms with van der Waals surface area (Å²) in [5.74, 6) is 4.21. The summed E-state index contributed by atoms with van der Waals surface area (Å²) in [5, 5.41) is 5.05. The third-order valence-electron chi connectivity index (χ3n) is 6.12. The highest BCUT2D eigenvalue weighted by Gasteiger charge is 2.29. The van der Waals surface area contributed by atoms with Crippen molar-refractivity contribution in [2.24, 2.45) is 5.41 Å². The van der Waals surface area contributed by atoms with Crippen molar-refractivity contribution in [2.75, 3.05) is 11.5 Å². The van der Waals surface area contributed by atoms with E-state index in [1.54, 1.807) is 0 Å². The normalized spacial score (nSPS) is 22.1. The summed E-state index contributed by atoms with van der Waals surface area (Å²) < 4.78 is 0. The van der Waals surface area contributed by atoms with Gasteiger partial charge in [0.1, 0.15) is 10.7 Å². The SMILES string of the molecule is Cc1nc(CNC2CCSCC2)c2cc(C3CCC(C)(C)CC3)sc2n1. The minimum Gasteiger partial charge on any atom is -0.308 e. The molecule has 0 unspecified atom stereocenters. The van der Waals surface area contributed by atoms with Crippen LogP contribution in [0.3, 0.4) is 0 Å². The summed E-state index contributed by atoms with van der Waals surface area (Å²) >= 11 is 3.99. The molecule has 5 heteroatoms. The number of fused-ring (bicyclic) bond motifs is 1. The van der Waals surface area contributed by atoms with Crippen LogP contribution in [0.2, 0.25) is 0 Å². The summed E-state index contributed by atoms with van der Waals surface area (Å²) in [7, 11) is 0. The number of aryl methyl sites for hydroxylation is 1. The van der Waals surface area contributed by atoms with Crippen LogP contribution in [0.25, 0.3) is 10.2 Å². The highest BCUT2D eigenvalue weighted by molar-refractivity contribution is 7.99. The van der Waals surface area contributed by atoms with E-state index in [0.717, 1.165) is 18.3 Å². The van der Waals surface area contributed by atoms with Gasteiger partial charge in [0.25, 0.3) is 0 Å². The number of rotatable bonds is 4. The molecule has 0 aromatic carbocycles. The standard InChI is InChI=1S/C21H31N3S2/c1-14-23-18(13-22-16-6-10-25-11-7-16)17-12-19(26-20(17)24-14)15-4-8-21(2,3)9-5-15/h12,15-16,22H,4-11,13H2,1-3H3. The maximum Gasteiger partial charge on any atom is 0.127 e. The predicted molar refractivity (Wildman–Crippen MR) is 114 cm³/mol. The van der Waals surface area contributed by atoms with E-state index in [2.05, 4.69) is 37.0 Å². The lowest BCUT2D eigenvalue weighted by atomic mass is 9.73. The van der Waals surface area contributed by atoms with Gasteiger partial charge in [0.15, 0.2) is 0 Å². The van der Waals surface area contributed by atoms with E-state index in [1.807, 2.05) is 18.3 Å². The monoisotopic (exact) mass is 389 g/mol. The van der Waals surface area contributed by atoms with Gasteiger partial charge in [0.2, 0.25) is 0 Å². The topological polar surface area (TPSA) is 37.8 Å². The molecule has 0 atom stereocenters. The van der Waals surface area contributed by atoms with Crippen LogP contribution >= 0.6 is 23.1 Å². The molecule has 2 aliphatic rings. The van der Waals surface area contributed by atoms with Gasteiger partial charge in [-0.3, -0.25) is 0 Å². The van der Waals surface area contributed by atoms with E-state index < -0.39 is 0 Å². The molecule has 1 saturated heterocycles. The fourth-order valence-electron chi connectivity index (χ4n) is 4.28.